The number of halogens is 1. The Labute approximate surface area is 126 Å². The van der Waals surface area contributed by atoms with E-state index in [9.17, 15) is 0 Å². The number of nitrogens with zero attached hydrogens (tertiary/aromatic N) is 1. The Hall–Kier alpha value is -0.730. The summed E-state index contributed by atoms with van der Waals surface area (Å²) in [4.78, 5) is 2.59. The van der Waals surface area contributed by atoms with Crippen LogP contribution >= 0.6 is 11.6 Å². The number of hydrogen-bond donors (Lipinski definition) is 1. The molecule has 1 N–H and O–H groups in total. The standard InChI is InChI=1S/C17H23ClN2/c18-16-5-2-6-17(15(16)9-19-14-7-8-14)20-10-12-3-1-4-13(12)11-20/h2,5-6,12-14,19H,1,3-4,7-11H2. The second-order valence-corrected chi connectivity index (χ2v) is 7.16. The predicted molar refractivity (Wildman–Crippen MR) is 84.4 cm³/mol. The number of fused-ring (bicyclic) bond motifs is 1. The van der Waals surface area contributed by atoms with Crippen LogP contribution in [0, 0.1) is 11.8 Å². The van der Waals surface area contributed by atoms with Crippen molar-refractivity contribution in [3.05, 3.63) is 28.8 Å². The molecule has 0 amide bonds. The molecule has 0 radical (unpaired) electrons. The summed E-state index contributed by atoms with van der Waals surface area (Å²) in [7, 11) is 0. The largest absolute Gasteiger partial charge is 0.371 e. The minimum atomic E-state index is 0.733. The van der Waals surface area contributed by atoms with Crippen LogP contribution in [-0.2, 0) is 6.54 Å². The first kappa shape index (κ1) is 13.0. The van der Waals surface area contributed by atoms with Crippen molar-refractivity contribution in [2.45, 2.75) is 44.7 Å². The molecule has 0 aromatic heterocycles. The quantitative estimate of drug-likeness (QED) is 0.907. The summed E-state index contributed by atoms with van der Waals surface area (Å²) in [5.74, 6) is 1.86. The Balaban J connectivity index is 1.55. The first-order valence-corrected chi connectivity index (χ1v) is 8.45. The molecule has 2 atom stereocenters. The zero-order valence-electron chi connectivity index (χ0n) is 11.9. The summed E-state index contributed by atoms with van der Waals surface area (Å²) >= 11 is 6.47. The number of anilines is 1. The van der Waals surface area contributed by atoms with E-state index in [4.69, 9.17) is 11.6 Å². The van der Waals surface area contributed by atoms with Crippen LogP contribution in [0.3, 0.4) is 0 Å². The van der Waals surface area contributed by atoms with Gasteiger partial charge in [0.05, 0.1) is 0 Å². The molecule has 2 nitrogen and oxygen atoms in total. The highest BCUT2D eigenvalue weighted by molar-refractivity contribution is 6.31. The predicted octanol–water partition coefficient (Wildman–Crippen LogP) is 3.83. The van der Waals surface area contributed by atoms with Gasteiger partial charge < -0.3 is 10.2 Å². The molecule has 1 aliphatic heterocycles. The van der Waals surface area contributed by atoms with Gasteiger partial charge in [-0.2, -0.15) is 0 Å². The molecule has 0 spiro atoms. The van der Waals surface area contributed by atoms with E-state index in [1.54, 1.807) is 0 Å². The Kier molecular flexibility index (Phi) is 3.39. The molecule has 1 aromatic rings. The van der Waals surface area contributed by atoms with Gasteiger partial charge in [0.25, 0.3) is 0 Å². The smallest absolute Gasteiger partial charge is 0.0471 e. The van der Waals surface area contributed by atoms with E-state index in [1.165, 1.54) is 56.4 Å². The van der Waals surface area contributed by atoms with Gasteiger partial charge in [-0.3, -0.25) is 0 Å². The van der Waals surface area contributed by atoms with Crippen LogP contribution in [0.15, 0.2) is 18.2 Å². The zero-order valence-corrected chi connectivity index (χ0v) is 12.7. The average molecular weight is 291 g/mol. The minimum absolute atomic E-state index is 0.733. The number of hydrogen-bond acceptors (Lipinski definition) is 2. The zero-order chi connectivity index (χ0) is 13.5. The van der Waals surface area contributed by atoms with Crippen molar-refractivity contribution < 1.29 is 0 Å². The topological polar surface area (TPSA) is 15.3 Å². The van der Waals surface area contributed by atoms with Gasteiger partial charge in [0.1, 0.15) is 0 Å². The molecule has 1 heterocycles. The fraction of sp³-hybridized carbons (Fsp3) is 0.647. The molecule has 1 saturated heterocycles. The lowest BCUT2D eigenvalue weighted by molar-refractivity contribution is 0.494. The Morgan fingerprint density at radius 2 is 1.85 bits per heavy atom. The van der Waals surface area contributed by atoms with Crippen molar-refractivity contribution in [1.29, 1.82) is 0 Å². The lowest BCUT2D eigenvalue weighted by Gasteiger charge is -2.24. The Morgan fingerprint density at radius 3 is 2.55 bits per heavy atom. The molecule has 3 heteroatoms. The molecule has 108 valence electrons. The summed E-state index contributed by atoms with van der Waals surface area (Å²) in [5.41, 5.74) is 2.68. The van der Waals surface area contributed by atoms with Crippen LogP contribution in [0.1, 0.15) is 37.7 Å². The van der Waals surface area contributed by atoms with Crippen molar-refractivity contribution in [1.82, 2.24) is 5.32 Å². The van der Waals surface area contributed by atoms with Crippen LogP contribution < -0.4 is 10.2 Å². The third-order valence-electron chi connectivity index (χ3n) is 5.31. The van der Waals surface area contributed by atoms with Crippen LogP contribution in [0.4, 0.5) is 5.69 Å². The van der Waals surface area contributed by atoms with Crippen LogP contribution in [0.2, 0.25) is 5.02 Å². The van der Waals surface area contributed by atoms with Crippen molar-refractivity contribution in [3.8, 4) is 0 Å². The van der Waals surface area contributed by atoms with Gasteiger partial charge in [-0.25, -0.2) is 0 Å². The highest BCUT2D eigenvalue weighted by Gasteiger charge is 2.36. The van der Waals surface area contributed by atoms with Crippen LogP contribution in [-0.4, -0.2) is 19.1 Å². The third-order valence-corrected chi connectivity index (χ3v) is 5.66. The molecule has 20 heavy (non-hydrogen) atoms. The molecule has 1 aromatic carbocycles. The first-order chi connectivity index (χ1) is 9.81. The second kappa shape index (κ2) is 5.23. The minimum Gasteiger partial charge on any atom is -0.371 e. The van der Waals surface area contributed by atoms with Crippen LogP contribution in [0.5, 0.6) is 0 Å². The van der Waals surface area contributed by atoms with E-state index < -0.39 is 0 Å². The van der Waals surface area contributed by atoms with Gasteiger partial charge in [0.15, 0.2) is 0 Å². The van der Waals surface area contributed by atoms with E-state index in [2.05, 4.69) is 22.3 Å². The fourth-order valence-electron chi connectivity index (χ4n) is 3.98. The SMILES string of the molecule is Clc1cccc(N2CC3CCCC3C2)c1CNC1CC1. The molecule has 4 rings (SSSR count). The molecule has 3 fully saturated rings. The molecular formula is C17H23ClN2. The van der Waals surface area contributed by atoms with Gasteiger partial charge in [-0.05, 0) is 49.7 Å². The summed E-state index contributed by atoms with van der Waals surface area (Å²) in [6, 6.07) is 7.13. The first-order valence-electron chi connectivity index (χ1n) is 8.07. The summed E-state index contributed by atoms with van der Waals surface area (Å²) in [5, 5.41) is 4.54. The number of nitrogens with one attached hydrogen (secondary N) is 1. The summed E-state index contributed by atoms with van der Waals surface area (Å²) in [6.07, 6.45) is 6.95. The monoisotopic (exact) mass is 290 g/mol. The van der Waals surface area contributed by atoms with Crippen molar-refractivity contribution in [3.63, 3.8) is 0 Å². The molecule has 0 bridgehead atoms. The number of benzene rings is 1. The van der Waals surface area contributed by atoms with Gasteiger partial charge in [-0.1, -0.05) is 24.1 Å². The van der Waals surface area contributed by atoms with E-state index in [-0.39, 0.29) is 0 Å². The maximum atomic E-state index is 6.47. The van der Waals surface area contributed by atoms with Gasteiger partial charge in [-0.15, -0.1) is 0 Å². The Bertz CT molecular complexity index is 486. The van der Waals surface area contributed by atoms with E-state index in [0.29, 0.717) is 0 Å². The van der Waals surface area contributed by atoms with Crippen molar-refractivity contribution in [2.24, 2.45) is 11.8 Å². The highest BCUT2D eigenvalue weighted by atomic mass is 35.5. The van der Waals surface area contributed by atoms with Gasteiger partial charge >= 0.3 is 0 Å². The van der Waals surface area contributed by atoms with Gasteiger partial charge in [0, 0.05) is 41.9 Å². The average Bonchev–Trinajstić information content (AvgIpc) is 3.01. The van der Waals surface area contributed by atoms with Gasteiger partial charge in [0.2, 0.25) is 0 Å². The molecule has 2 saturated carbocycles. The maximum Gasteiger partial charge on any atom is 0.0471 e. The molecular weight excluding hydrogens is 268 g/mol. The fourth-order valence-corrected chi connectivity index (χ4v) is 4.22. The van der Waals surface area contributed by atoms with Crippen LogP contribution in [0.25, 0.3) is 0 Å². The third kappa shape index (κ3) is 2.44. The molecule has 2 unspecified atom stereocenters. The normalized spacial score (nSPS) is 28.9. The summed E-state index contributed by atoms with van der Waals surface area (Å²) < 4.78 is 0. The lowest BCUT2D eigenvalue weighted by atomic mass is 10.0. The molecule has 2 aliphatic carbocycles. The molecule has 3 aliphatic rings. The van der Waals surface area contributed by atoms with E-state index >= 15 is 0 Å². The van der Waals surface area contributed by atoms with E-state index in [0.717, 1.165) is 29.4 Å². The highest BCUT2D eigenvalue weighted by Crippen LogP contribution is 2.41. The maximum absolute atomic E-state index is 6.47. The number of rotatable bonds is 4. The van der Waals surface area contributed by atoms with E-state index in [1.807, 2.05) is 6.07 Å². The Morgan fingerprint density at radius 1 is 1.10 bits per heavy atom. The summed E-state index contributed by atoms with van der Waals surface area (Å²) in [6.45, 7) is 3.40. The van der Waals surface area contributed by atoms with Crippen molar-refractivity contribution >= 4 is 17.3 Å². The lowest BCUT2D eigenvalue weighted by Crippen LogP contribution is -2.24. The van der Waals surface area contributed by atoms with Crippen molar-refractivity contribution in [2.75, 3.05) is 18.0 Å². The second-order valence-electron chi connectivity index (χ2n) is 6.75.